The van der Waals surface area contributed by atoms with Gasteiger partial charge in [0.1, 0.15) is 10.8 Å². The van der Waals surface area contributed by atoms with E-state index in [4.69, 9.17) is 11.6 Å². The van der Waals surface area contributed by atoms with Crippen molar-refractivity contribution in [2.24, 2.45) is 0 Å². The first-order valence-electron chi connectivity index (χ1n) is 6.43. The number of aromatic nitrogens is 2. The SMILES string of the molecule is Cc1nc(-c2ccc([C@H](C)N(C)C)cc2)c(Cl)c(=O)[nH]1. The van der Waals surface area contributed by atoms with Crippen molar-refractivity contribution in [3.8, 4) is 11.3 Å². The Balaban J connectivity index is 2.43. The van der Waals surface area contributed by atoms with Crippen molar-refractivity contribution in [2.45, 2.75) is 19.9 Å². The lowest BCUT2D eigenvalue weighted by Crippen LogP contribution is -2.16. The maximum absolute atomic E-state index is 11.7. The van der Waals surface area contributed by atoms with Gasteiger partial charge in [-0.05, 0) is 33.5 Å². The number of halogens is 1. The van der Waals surface area contributed by atoms with E-state index in [1.54, 1.807) is 6.92 Å². The first kappa shape index (κ1) is 14.8. The summed E-state index contributed by atoms with van der Waals surface area (Å²) in [4.78, 5) is 20.7. The molecule has 0 fully saturated rings. The molecule has 0 spiro atoms. The third kappa shape index (κ3) is 2.92. The van der Waals surface area contributed by atoms with E-state index in [2.05, 4.69) is 21.8 Å². The molecule has 0 bridgehead atoms. The summed E-state index contributed by atoms with van der Waals surface area (Å²) in [5.74, 6) is 0.556. The number of aromatic amines is 1. The molecular formula is C15H18ClN3O. The third-order valence-electron chi connectivity index (χ3n) is 3.42. The van der Waals surface area contributed by atoms with Crippen LogP contribution in [0.4, 0.5) is 0 Å². The first-order valence-corrected chi connectivity index (χ1v) is 6.81. The highest BCUT2D eigenvalue weighted by Gasteiger charge is 2.12. The predicted molar refractivity (Wildman–Crippen MR) is 82.1 cm³/mol. The molecular weight excluding hydrogens is 274 g/mol. The van der Waals surface area contributed by atoms with E-state index in [0.717, 1.165) is 5.56 Å². The van der Waals surface area contributed by atoms with Crippen LogP contribution in [0, 0.1) is 6.92 Å². The molecule has 106 valence electrons. The number of benzene rings is 1. The molecule has 0 unspecified atom stereocenters. The first-order chi connectivity index (χ1) is 9.40. The summed E-state index contributed by atoms with van der Waals surface area (Å²) < 4.78 is 0. The van der Waals surface area contributed by atoms with Gasteiger partial charge in [0.25, 0.3) is 5.56 Å². The average molecular weight is 292 g/mol. The van der Waals surface area contributed by atoms with E-state index in [1.807, 2.05) is 38.4 Å². The number of nitrogens with zero attached hydrogens (tertiary/aromatic N) is 2. The maximum Gasteiger partial charge on any atom is 0.270 e. The Hall–Kier alpha value is -1.65. The van der Waals surface area contributed by atoms with Gasteiger partial charge in [0, 0.05) is 11.6 Å². The van der Waals surface area contributed by atoms with Crippen molar-refractivity contribution in [3.05, 3.63) is 51.0 Å². The lowest BCUT2D eigenvalue weighted by Gasteiger charge is -2.20. The monoisotopic (exact) mass is 291 g/mol. The van der Waals surface area contributed by atoms with Crippen molar-refractivity contribution in [1.82, 2.24) is 14.9 Å². The Morgan fingerprint density at radius 3 is 2.40 bits per heavy atom. The molecule has 0 amide bonds. The smallest absolute Gasteiger partial charge is 0.270 e. The molecule has 0 aliphatic carbocycles. The van der Waals surface area contributed by atoms with E-state index in [1.165, 1.54) is 5.56 Å². The summed E-state index contributed by atoms with van der Waals surface area (Å²) in [6.07, 6.45) is 0. The average Bonchev–Trinajstić information content (AvgIpc) is 2.42. The Morgan fingerprint density at radius 1 is 1.25 bits per heavy atom. The number of hydrogen-bond acceptors (Lipinski definition) is 3. The zero-order valence-corrected chi connectivity index (χ0v) is 12.8. The van der Waals surface area contributed by atoms with Gasteiger partial charge >= 0.3 is 0 Å². The quantitative estimate of drug-likeness (QED) is 0.946. The predicted octanol–water partition coefficient (Wildman–Crippen LogP) is 3.02. The number of nitrogens with one attached hydrogen (secondary N) is 1. The molecule has 0 saturated heterocycles. The third-order valence-corrected chi connectivity index (χ3v) is 3.77. The second kappa shape index (κ2) is 5.77. The molecule has 0 saturated carbocycles. The lowest BCUT2D eigenvalue weighted by atomic mass is 10.0. The Labute approximate surface area is 123 Å². The Bertz CT molecular complexity index is 662. The Morgan fingerprint density at radius 2 is 1.85 bits per heavy atom. The number of H-pyrrole nitrogens is 1. The summed E-state index contributed by atoms with van der Waals surface area (Å²) in [6.45, 7) is 3.88. The van der Waals surface area contributed by atoms with E-state index in [9.17, 15) is 4.79 Å². The second-order valence-corrected chi connectivity index (χ2v) is 5.45. The van der Waals surface area contributed by atoms with E-state index in [-0.39, 0.29) is 10.6 Å². The molecule has 2 rings (SSSR count). The van der Waals surface area contributed by atoms with Gasteiger partial charge in [-0.2, -0.15) is 0 Å². The molecule has 1 atom stereocenters. The zero-order valence-electron chi connectivity index (χ0n) is 12.1. The van der Waals surface area contributed by atoms with Crippen LogP contribution in [0.3, 0.4) is 0 Å². The van der Waals surface area contributed by atoms with Gasteiger partial charge in [0.2, 0.25) is 0 Å². The van der Waals surface area contributed by atoms with E-state index < -0.39 is 0 Å². The zero-order chi connectivity index (χ0) is 14.9. The molecule has 0 aliphatic rings. The van der Waals surface area contributed by atoms with Crippen LogP contribution in [0.25, 0.3) is 11.3 Å². The van der Waals surface area contributed by atoms with Crippen molar-refractivity contribution < 1.29 is 0 Å². The van der Waals surface area contributed by atoms with Gasteiger partial charge in [-0.1, -0.05) is 35.9 Å². The fourth-order valence-corrected chi connectivity index (χ4v) is 2.18. The van der Waals surface area contributed by atoms with Gasteiger partial charge < -0.3 is 9.88 Å². The van der Waals surface area contributed by atoms with Crippen molar-refractivity contribution >= 4 is 11.6 Å². The van der Waals surface area contributed by atoms with Crippen LogP contribution in [-0.4, -0.2) is 29.0 Å². The van der Waals surface area contributed by atoms with Gasteiger partial charge in [-0.3, -0.25) is 4.79 Å². The van der Waals surface area contributed by atoms with Crippen LogP contribution in [0.2, 0.25) is 5.02 Å². The summed E-state index contributed by atoms with van der Waals surface area (Å²) in [7, 11) is 4.08. The minimum Gasteiger partial charge on any atom is -0.309 e. The standard InChI is InChI=1S/C15H18ClN3O/c1-9(19(3)4)11-5-7-12(8-6-11)14-13(16)15(20)18-10(2)17-14/h5-9H,1-4H3,(H,17,18,20)/t9-/m0/s1. The number of hydrogen-bond donors (Lipinski definition) is 1. The van der Waals surface area contributed by atoms with Crippen molar-refractivity contribution in [2.75, 3.05) is 14.1 Å². The van der Waals surface area contributed by atoms with Crippen LogP contribution in [0.15, 0.2) is 29.1 Å². The minimum atomic E-state index is -0.306. The van der Waals surface area contributed by atoms with E-state index >= 15 is 0 Å². The second-order valence-electron chi connectivity index (χ2n) is 5.08. The molecule has 20 heavy (non-hydrogen) atoms. The fourth-order valence-electron chi connectivity index (χ4n) is 1.98. The largest absolute Gasteiger partial charge is 0.309 e. The summed E-state index contributed by atoms with van der Waals surface area (Å²) >= 11 is 6.04. The molecule has 0 aliphatic heterocycles. The van der Waals surface area contributed by atoms with Crippen LogP contribution in [-0.2, 0) is 0 Å². The highest BCUT2D eigenvalue weighted by atomic mass is 35.5. The topological polar surface area (TPSA) is 49.0 Å². The van der Waals surface area contributed by atoms with Crippen molar-refractivity contribution in [3.63, 3.8) is 0 Å². The van der Waals surface area contributed by atoms with Crippen LogP contribution in [0.5, 0.6) is 0 Å². The summed E-state index contributed by atoms with van der Waals surface area (Å²) in [6, 6.07) is 8.29. The van der Waals surface area contributed by atoms with Gasteiger partial charge in [-0.15, -0.1) is 0 Å². The van der Waals surface area contributed by atoms with Crippen LogP contribution in [0.1, 0.15) is 24.4 Å². The molecule has 4 nitrogen and oxygen atoms in total. The van der Waals surface area contributed by atoms with Crippen LogP contribution >= 0.6 is 11.6 Å². The fraction of sp³-hybridized carbons (Fsp3) is 0.333. The van der Waals surface area contributed by atoms with Gasteiger partial charge in [0.15, 0.2) is 0 Å². The number of aryl methyl sites for hydroxylation is 1. The minimum absolute atomic E-state index is 0.129. The number of rotatable bonds is 3. The molecule has 1 aromatic heterocycles. The molecule has 1 aromatic carbocycles. The van der Waals surface area contributed by atoms with E-state index in [0.29, 0.717) is 17.6 Å². The highest BCUT2D eigenvalue weighted by molar-refractivity contribution is 6.32. The van der Waals surface area contributed by atoms with Gasteiger partial charge in [0.05, 0.1) is 5.69 Å². The van der Waals surface area contributed by atoms with Crippen LogP contribution < -0.4 is 5.56 Å². The molecule has 1 heterocycles. The van der Waals surface area contributed by atoms with Crippen molar-refractivity contribution in [1.29, 1.82) is 0 Å². The maximum atomic E-state index is 11.7. The van der Waals surface area contributed by atoms with Gasteiger partial charge in [-0.25, -0.2) is 4.98 Å². The molecule has 0 radical (unpaired) electrons. The normalized spacial score (nSPS) is 12.7. The lowest BCUT2D eigenvalue weighted by molar-refractivity contribution is 0.321. The summed E-state index contributed by atoms with van der Waals surface area (Å²) in [5, 5.41) is 0.129. The molecule has 5 heteroatoms. The molecule has 2 aromatic rings. The molecule has 1 N–H and O–H groups in total. The highest BCUT2D eigenvalue weighted by Crippen LogP contribution is 2.25. The summed E-state index contributed by atoms with van der Waals surface area (Å²) in [5.41, 5.74) is 2.27. The Kier molecular flexibility index (Phi) is 4.26.